The summed E-state index contributed by atoms with van der Waals surface area (Å²) in [4.78, 5) is 25.2. The maximum absolute atomic E-state index is 8.94. The van der Waals surface area contributed by atoms with E-state index in [9.17, 15) is 0 Å². The summed E-state index contributed by atoms with van der Waals surface area (Å²) in [5.41, 5.74) is 0. The van der Waals surface area contributed by atoms with Crippen LogP contribution in [0.5, 0.6) is 0 Å². The third kappa shape index (κ3) is 18.9. The predicted octanol–water partition coefficient (Wildman–Crippen LogP) is 0.0222. The van der Waals surface area contributed by atoms with E-state index in [0.29, 0.717) is 0 Å². The van der Waals surface area contributed by atoms with Crippen LogP contribution < -0.4 is 0 Å². The van der Waals surface area contributed by atoms with Crippen LogP contribution in [0.2, 0.25) is 0 Å². The van der Waals surface area contributed by atoms with Gasteiger partial charge in [0.15, 0.2) is 0 Å². The maximum Gasteiger partial charge on any atom is 0.400 e. The molecular formula is C7H21NO4P+. The SMILES string of the molecule is CCN(CC)C(C)O.C[P+](O)(O)O. The lowest BCUT2D eigenvalue weighted by molar-refractivity contribution is 0.0265. The Hall–Kier alpha value is 0.230. The van der Waals surface area contributed by atoms with Crippen LogP contribution in [0.3, 0.4) is 0 Å². The Kier molecular flexibility index (Phi) is 9.19. The summed E-state index contributed by atoms with van der Waals surface area (Å²) < 4.78 is 0. The van der Waals surface area contributed by atoms with Crippen molar-refractivity contribution in [1.29, 1.82) is 0 Å². The molecule has 0 aromatic rings. The standard InChI is InChI=1S/C6H15NO.CH6O3P/c1-4-7(5-2)6(3)8;1-5(2,3)4/h6,8H,4-5H2,1-3H3;2-4H,1H3/q;+1. The Morgan fingerprint density at radius 3 is 1.38 bits per heavy atom. The van der Waals surface area contributed by atoms with E-state index >= 15 is 0 Å². The fourth-order valence-electron chi connectivity index (χ4n) is 0.752. The largest absolute Gasteiger partial charge is 0.400 e. The number of hydrogen-bond donors (Lipinski definition) is 4. The lowest BCUT2D eigenvalue weighted by atomic mass is 10.5. The van der Waals surface area contributed by atoms with Gasteiger partial charge in [-0.25, -0.2) is 0 Å². The highest BCUT2D eigenvalue weighted by molar-refractivity contribution is 7.57. The molecule has 82 valence electrons. The molecule has 0 rings (SSSR count). The monoisotopic (exact) mass is 214 g/mol. The van der Waals surface area contributed by atoms with Gasteiger partial charge in [0.1, 0.15) is 12.9 Å². The van der Waals surface area contributed by atoms with Crippen molar-refractivity contribution in [2.75, 3.05) is 19.8 Å². The molecule has 0 radical (unpaired) electrons. The summed E-state index contributed by atoms with van der Waals surface area (Å²) >= 11 is 0. The van der Waals surface area contributed by atoms with Crippen LogP contribution in [0, 0.1) is 0 Å². The van der Waals surface area contributed by atoms with E-state index in [4.69, 9.17) is 19.8 Å². The second kappa shape index (κ2) is 7.62. The third-order valence-electron chi connectivity index (χ3n) is 1.34. The van der Waals surface area contributed by atoms with E-state index in [1.54, 1.807) is 6.92 Å². The predicted molar refractivity (Wildman–Crippen MR) is 54.1 cm³/mol. The summed E-state index contributed by atoms with van der Waals surface area (Å²) in [5.74, 6) is 0. The Morgan fingerprint density at radius 2 is 1.38 bits per heavy atom. The minimum Gasteiger partial charge on any atom is -0.379 e. The summed E-state index contributed by atoms with van der Waals surface area (Å²) in [5, 5.41) is 8.94. The smallest absolute Gasteiger partial charge is 0.379 e. The molecule has 0 fully saturated rings. The van der Waals surface area contributed by atoms with E-state index in [1.165, 1.54) is 0 Å². The van der Waals surface area contributed by atoms with Crippen molar-refractivity contribution in [3.63, 3.8) is 0 Å². The normalized spacial score (nSPS) is 13.6. The van der Waals surface area contributed by atoms with Gasteiger partial charge in [-0.15, -0.1) is 0 Å². The van der Waals surface area contributed by atoms with Gasteiger partial charge < -0.3 is 5.11 Å². The zero-order valence-corrected chi connectivity index (χ0v) is 9.57. The Balaban J connectivity index is 0. The minimum absolute atomic E-state index is 0.287. The van der Waals surface area contributed by atoms with Gasteiger partial charge >= 0.3 is 7.94 Å². The van der Waals surface area contributed by atoms with E-state index in [0.717, 1.165) is 19.8 Å². The summed E-state index contributed by atoms with van der Waals surface area (Å²) in [7, 11) is -3.39. The number of aliphatic hydroxyl groups is 1. The highest BCUT2D eigenvalue weighted by atomic mass is 31.2. The molecule has 0 spiro atoms. The lowest BCUT2D eigenvalue weighted by Crippen LogP contribution is -2.32. The molecule has 0 amide bonds. The van der Waals surface area contributed by atoms with Crippen LogP contribution in [-0.2, 0) is 0 Å². The molecule has 0 saturated carbocycles. The first kappa shape index (κ1) is 15.7. The van der Waals surface area contributed by atoms with Crippen LogP contribution in [0.1, 0.15) is 20.8 Å². The Morgan fingerprint density at radius 1 is 1.15 bits per heavy atom. The molecule has 1 atom stereocenters. The van der Waals surface area contributed by atoms with Gasteiger partial charge in [-0.1, -0.05) is 13.8 Å². The molecule has 5 nitrogen and oxygen atoms in total. The maximum atomic E-state index is 8.94. The van der Waals surface area contributed by atoms with E-state index in [2.05, 4.69) is 0 Å². The van der Waals surface area contributed by atoms with E-state index in [1.807, 2.05) is 18.7 Å². The average molecular weight is 214 g/mol. The summed E-state index contributed by atoms with van der Waals surface area (Å²) in [6.07, 6.45) is -0.287. The van der Waals surface area contributed by atoms with Crippen molar-refractivity contribution in [3.05, 3.63) is 0 Å². The zero-order valence-electron chi connectivity index (χ0n) is 8.67. The van der Waals surface area contributed by atoms with Crippen molar-refractivity contribution in [1.82, 2.24) is 4.90 Å². The van der Waals surface area contributed by atoms with Crippen LogP contribution in [0.4, 0.5) is 0 Å². The van der Waals surface area contributed by atoms with Crippen LogP contribution in [0.25, 0.3) is 0 Å². The molecule has 4 N–H and O–H groups in total. The van der Waals surface area contributed by atoms with Crippen molar-refractivity contribution in [2.24, 2.45) is 0 Å². The summed E-state index contributed by atoms with van der Waals surface area (Å²) in [6, 6.07) is 0. The molecule has 0 aromatic carbocycles. The number of aliphatic hydroxyl groups excluding tert-OH is 1. The molecule has 0 aliphatic rings. The van der Waals surface area contributed by atoms with Crippen LogP contribution in [-0.4, -0.2) is 50.7 Å². The molecule has 13 heavy (non-hydrogen) atoms. The van der Waals surface area contributed by atoms with Gasteiger partial charge in [-0.2, -0.15) is 14.7 Å². The third-order valence-corrected chi connectivity index (χ3v) is 1.34. The number of rotatable bonds is 3. The molecule has 0 saturated heterocycles. The fraction of sp³-hybridized carbons (Fsp3) is 1.00. The Bertz CT molecular complexity index is 106. The highest BCUT2D eigenvalue weighted by Crippen LogP contribution is 2.38. The van der Waals surface area contributed by atoms with Crippen molar-refractivity contribution in [2.45, 2.75) is 27.0 Å². The Labute approximate surface area is 80.2 Å². The molecule has 0 aliphatic carbocycles. The van der Waals surface area contributed by atoms with Gasteiger partial charge in [-0.05, 0) is 20.0 Å². The molecule has 0 aliphatic heterocycles. The van der Waals surface area contributed by atoms with E-state index < -0.39 is 7.94 Å². The zero-order chi connectivity index (χ0) is 11.1. The van der Waals surface area contributed by atoms with Crippen molar-refractivity contribution in [3.8, 4) is 0 Å². The second-order valence-corrected chi connectivity index (χ2v) is 4.46. The fourth-order valence-corrected chi connectivity index (χ4v) is 0.752. The molecule has 0 aromatic heterocycles. The highest BCUT2D eigenvalue weighted by Gasteiger charge is 2.17. The van der Waals surface area contributed by atoms with Crippen LogP contribution in [0.15, 0.2) is 0 Å². The van der Waals surface area contributed by atoms with Crippen molar-refractivity contribution < 1.29 is 19.8 Å². The molecule has 1 unspecified atom stereocenters. The molecule has 0 heterocycles. The molecule has 0 bridgehead atoms. The lowest BCUT2D eigenvalue weighted by Gasteiger charge is -2.20. The first-order chi connectivity index (χ1) is 5.72. The quantitative estimate of drug-likeness (QED) is 0.393. The van der Waals surface area contributed by atoms with Gasteiger partial charge in [0.2, 0.25) is 0 Å². The van der Waals surface area contributed by atoms with Gasteiger partial charge in [0, 0.05) is 0 Å². The van der Waals surface area contributed by atoms with Crippen LogP contribution >= 0.6 is 7.94 Å². The van der Waals surface area contributed by atoms with Gasteiger partial charge in [0.25, 0.3) is 0 Å². The summed E-state index contributed by atoms with van der Waals surface area (Å²) in [6.45, 7) is 8.68. The van der Waals surface area contributed by atoms with Gasteiger partial charge in [0.05, 0.1) is 0 Å². The second-order valence-electron chi connectivity index (χ2n) is 2.72. The van der Waals surface area contributed by atoms with E-state index in [-0.39, 0.29) is 6.23 Å². The average Bonchev–Trinajstić information content (AvgIpc) is 1.85. The van der Waals surface area contributed by atoms with Gasteiger partial charge in [-0.3, -0.25) is 4.90 Å². The number of hydrogen-bond acceptors (Lipinski definition) is 5. The molecular weight excluding hydrogens is 193 g/mol. The first-order valence-corrected chi connectivity index (χ1v) is 6.28. The minimum atomic E-state index is -3.39. The molecule has 6 heteroatoms. The topological polar surface area (TPSA) is 84.2 Å². The van der Waals surface area contributed by atoms with Crippen molar-refractivity contribution >= 4 is 7.94 Å². The number of nitrogens with zero attached hydrogens (tertiary/aromatic N) is 1. The first-order valence-electron chi connectivity index (χ1n) is 4.19.